The number of nitrogens with one attached hydrogen (secondary N) is 2. The van der Waals surface area contributed by atoms with E-state index in [1.54, 1.807) is 18.2 Å². The molecule has 0 atom stereocenters. The second-order valence-corrected chi connectivity index (χ2v) is 5.53. The van der Waals surface area contributed by atoms with E-state index in [0.29, 0.717) is 22.0 Å². The SMILES string of the molecule is CCC(C)(C)NC(=O)c1c[nH]c(=O)c2cc(N)ccc12. The van der Waals surface area contributed by atoms with Crippen LogP contribution in [0.4, 0.5) is 5.69 Å². The zero-order chi connectivity index (χ0) is 14.9. The number of H-pyrrole nitrogens is 1. The van der Waals surface area contributed by atoms with Crippen LogP contribution in [0.2, 0.25) is 0 Å². The number of aromatic nitrogens is 1. The number of benzene rings is 1. The summed E-state index contributed by atoms with van der Waals surface area (Å²) in [5, 5.41) is 3.98. The Hall–Kier alpha value is -2.30. The fourth-order valence-corrected chi connectivity index (χ4v) is 1.93. The van der Waals surface area contributed by atoms with Gasteiger partial charge in [-0.25, -0.2) is 0 Å². The molecule has 106 valence electrons. The molecular formula is C15H19N3O2. The molecule has 0 aliphatic heterocycles. The van der Waals surface area contributed by atoms with Gasteiger partial charge in [0.15, 0.2) is 0 Å². The van der Waals surface area contributed by atoms with Crippen LogP contribution in [0.25, 0.3) is 10.8 Å². The first-order valence-electron chi connectivity index (χ1n) is 6.57. The molecule has 2 aromatic rings. The molecule has 0 saturated heterocycles. The molecule has 0 unspecified atom stereocenters. The predicted molar refractivity (Wildman–Crippen MR) is 80.8 cm³/mol. The number of hydrogen-bond acceptors (Lipinski definition) is 3. The fraction of sp³-hybridized carbons (Fsp3) is 0.333. The van der Waals surface area contributed by atoms with E-state index >= 15 is 0 Å². The lowest BCUT2D eigenvalue weighted by Crippen LogP contribution is -2.43. The number of anilines is 1. The Bertz CT molecular complexity index is 717. The summed E-state index contributed by atoms with van der Waals surface area (Å²) < 4.78 is 0. The van der Waals surface area contributed by atoms with Crippen LogP contribution in [-0.2, 0) is 0 Å². The summed E-state index contributed by atoms with van der Waals surface area (Å²) in [7, 11) is 0. The summed E-state index contributed by atoms with van der Waals surface area (Å²) >= 11 is 0. The Kier molecular flexibility index (Phi) is 3.53. The lowest BCUT2D eigenvalue weighted by Gasteiger charge is -2.24. The van der Waals surface area contributed by atoms with Gasteiger partial charge in [0.05, 0.1) is 5.56 Å². The molecule has 20 heavy (non-hydrogen) atoms. The number of nitrogen functional groups attached to an aromatic ring is 1. The molecule has 0 bridgehead atoms. The number of pyridine rings is 1. The molecule has 1 aromatic heterocycles. The molecule has 0 fully saturated rings. The summed E-state index contributed by atoms with van der Waals surface area (Å²) in [6, 6.07) is 4.97. The maximum Gasteiger partial charge on any atom is 0.255 e. The van der Waals surface area contributed by atoms with Gasteiger partial charge in [0, 0.05) is 28.2 Å². The maximum atomic E-state index is 12.4. The number of amides is 1. The first-order chi connectivity index (χ1) is 9.34. The smallest absolute Gasteiger partial charge is 0.255 e. The van der Waals surface area contributed by atoms with E-state index < -0.39 is 0 Å². The van der Waals surface area contributed by atoms with Gasteiger partial charge in [-0.3, -0.25) is 9.59 Å². The van der Waals surface area contributed by atoms with E-state index in [1.165, 1.54) is 6.20 Å². The minimum Gasteiger partial charge on any atom is -0.399 e. The van der Waals surface area contributed by atoms with Crippen LogP contribution >= 0.6 is 0 Å². The summed E-state index contributed by atoms with van der Waals surface area (Å²) in [5.74, 6) is -0.206. The van der Waals surface area contributed by atoms with Gasteiger partial charge in [-0.1, -0.05) is 13.0 Å². The highest BCUT2D eigenvalue weighted by Gasteiger charge is 2.20. The quantitative estimate of drug-likeness (QED) is 0.748. The molecule has 0 aliphatic carbocycles. The molecule has 5 nitrogen and oxygen atoms in total. The van der Waals surface area contributed by atoms with Crippen molar-refractivity contribution in [3.63, 3.8) is 0 Å². The van der Waals surface area contributed by atoms with Gasteiger partial charge in [-0.2, -0.15) is 0 Å². The highest BCUT2D eigenvalue weighted by Crippen LogP contribution is 2.18. The molecule has 5 heteroatoms. The number of aromatic amines is 1. The van der Waals surface area contributed by atoms with Crippen molar-refractivity contribution in [3.8, 4) is 0 Å². The van der Waals surface area contributed by atoms with Gasteiger partial charge in [-0.05, 0) is 32.4 Å². The van der Waals surface area contributed by atoms with E-state index in [1.807, 2.05) is 20.8 Å². The first kappa shape index (κ1) is 14.1. The molecule has 1 heterocycles. The lowest BCUT2D eigenvalue weighted by molar-refractivity contribution is 0.0912. The molecule has 0 saturated carbocycles. The van der Waals surface area contributed by atoms with Crippen LogP contribution in [0, 0.1) is 0 Å². The average Bonchev–Trinajstić information content (AvgIpc) is 2.39. The van der Waals surface area contributed by atoms with Crippen molar-refractivity contribution < 1.29 is 4.79 Å². The van der Waals surface area contributed by atoms with Crippen molar-refractivity contribution in [2.24, 2.45) is 0 Å². The Balaban J connectivity index is 2.53. The predicted octanol–water partition coefficient (Wildman–Crippen LogP) is 2.03. The van der Waals surface area contributed by atoms with E-state index in [2.05, 4.69) is 10.3 Å². The highest BCUT2D eigenvalue weighted by molar-refractivity contribution is 6.07. The van der Waals surface area contributed by atoms with Crippen molar-refractivity contribution in [2.75, 3.05) is 5.73 Å². The summed E-state index contributed by atoms with van der Waals surface area (Å²) in [6.45, 7) is 5.92. The van der Waals surface area contributed by atoms with Crippen molar-refractivity contribution in [3.05, 3.63) is 40.3 Å². The van der Waals surface area contributed by atoms with E-state index in [0.717, 1.165) is 6.42 Å². The molecule has 1 amide bonds. The van der Waals surface area contributed by atoms with E-state index in [9.17, 15) is 9.59 Å². The number of hydrogen-bond donors (Lipinski definition) is 3. The molecule has 4 N–H and O–H groups in total. The largest absolute Gasteiger partial charge is 0.399 e. The Morgan fingerprint density at radius 2 is 2.05 bits per heavy atom. The summed E-state index contributed by atoms with van der Waals surface area (Å²) in [5.41, 5.74) is 6.08. The number of carbonyl (C=O) groups excluding carboxylic acids is 1. The first-order valence-corrected chi connectivity index (χ1v) is 6.57. The Morgan fingerprint density at radius 1 is 1.35 bits per heavy atom. The molecule has 1 aromatic carbocycles. The minimum atomic E-state index is -0.298. The van der Waals surface area contributed by atoms with Gasteiger partial charge in [0.25, 0.3) is 11.5 Å². The third-order valence-corrected chi connectivity index (χ3v) is 3.51. The number of carbonyl (C=O) groups is 1. The van der Waals surface area contributed by atoms with Crippen LogP contribution < -0.4 is 16.6 Å². The standard InChI is InChI=1S/C15H19N3O2/c1-4-15(2,3)18-14(20)12-8-17-13(19)11-7-9(16)5-6-10(11)12/h5-8H,4,16H2,1-3H3,(H,17,19)(H,18,20). The van der Waals surface area contributed by atoms with E-state index in [-0.39, 0.29) is 17.0 Å². The van der Waals surface area contributed by atoms with Crippen LogP contribution in [0.3, 0.4) is 0 Å². The average molecular weight is 273 g/mol. The maximum absolute atomic E-state index is 12.4. The zero-order valence-electron chi connectivity index (χ0n) is 11.9. The van der Waals surface area contributed by atoms with Gasteiger partial charge in [-0.15, -0.1) is 0 Å². The third-order valence-electron chi connectivity index (χ3n) is 3.51. The highest BCUT2D eigenvalue weighted by atomic mass is 16.2. The molecule has 0 spiro atoms. The molecule has 2 rings (SSSR count). The van der Waals surface area contributed by atoms with Gasteiger partial charge >= 0.3 is 0 Å². The van der Waals surface area contributed by atoms with Crippen molar-refractivity contribution >= 4 is 22.4 Å². The Morgan fingerprint density at radius 3 is 2.70 bits per heavy atom. The van der Waals surface area contributed by atoms with Crippen molar-refractivity contribution in [2.45, 2.75) is 32.7 Å². The van der Waals surface area contributed by atoms with Crippen molar-refractivity contribution in [1.82, 2.24) is 10.3 Å². The molecule has 0 radical (unpaired) electrons. The van der Waals surface area contributed by atoms with Crippen LogP contribution in [-0.4, -0.2) is 16.4 Å². The topological polar surface area (TPSA) is 88.0 Å². The monoisotopic (exact) mass is 273 g/mol. The van der Waals surface area contributed by atoms with Crippen LogP contribution in [0.15, 0.2) is 29.2 Å². The Labute approximate surface area is 117 Å². The van der Waals surface area contributed by atoms with Crippen LogP contribution in [0.5, 0.6) is 0 Å². The zero-order valence-corrected chi connectivity index (χ0v) is 11.9. The summed E-state index contributed by atoms with van der Waals surface area (Å²) in [4.78, 5) is 26.8. The molecular weight excluding hydrogens is 254 g/mol. The van der Waals surface area contributed by atoms with Gasteiger partial charge in [0.2, 0.25) is 0 Å². The van der Waals surface area contributed by atoms with Crippen LogP contribution in [0.1, 0.15) is 37.6 Å². The fourth-order valence-electron chi connectivity index (χ4n) is 1.93. The van der Waals surface area contributed by atoms with Gasteiger partial charge < -0.3 is 16.0 Å². The normalized spacial score (nSPS) is 11.6. The lowest BCUT2D eigenvalue weighted by atomic mass is 10.0. The van der Waals surface area contributed by atoms with Crippen molar-refractivity contribution in [1.29, 1.82) is 0 Å². The second kappa shape index (κ2) is 5.00. The third kappa shape index (κ3) is 2.66. The number of rotatable bonds is 3. The summed E-state index contributed by atoms with van der Waals surface area (Å²) in [6.07, 6.45) is 2.26. The molecule has 0 aliphatic rings. The van der Waals surface area contributed by atoms with E-state index in [4.69, 9.17) is 5.73 Å². The van der Waals surface area contributed by atoms with Gasteiger partial charge in [0.1, 0.15) is 0 Å². The second-order valence-electron chi connectivity index (χ2n) is 5.53. The minimum absolute atomic E-state index is 0.206. The number of fused-ring (bicyclic) bond motifs is 1. The number of nitrogens with two attached hydrogens (primary N) is 1.